The summed E-state index contributed by atoms with van der Waals surface area (Å²) in [6, 6.07) is 7.87. The van der Waals surface area contributed by atoms with Gasteiger partial charge in [0.1, 0.15) is 12.4 Å². The molecule has 1 rings (SSSR count). The van der Waals surface area contributed by atoms with Gasteiger partial charge in [-0.2, -0.15) is 0 Å². The molecule has 4 heteroatoms. The van der Waals surface area contributed by atoms with Gasteiger partial charge in [0.25, 0.3) is 0 Å². The van der Waals surface area contributed by atoms with Crippen molar-refractivity contribution in [1.82, 2.24) is 0 Å². The van der Waals surface area contributed by atoms with E-state index in [9.17, 15) is 0 Å². The summed E-state index contributed by atoms with van der Waals surface area (Å²) in [5, 5.41) is 0. The molecule has 0 aromatic heterocycles. The van der Waals surface area contributed by atoms with Crippen LogP contribution >= 0.6 is 0 Å². The molecule has 0 radical (unpaired) electrons. The predicted octanol–water partition coefficient (Wildman–Crippen LogP) is 2.53. The molecule has 0 aliphatic heterocycles. The van der Waals surface area contributed by atoms with Gasteiger partial charge in [-0.15, -0.1) is 0 Å². The molecule has 2 unspecified atom stereocenters. The van der Waals surface area contributed by atoms with Crippen molar-refractivity contribution in [2.24, 2.45) is 5.73 Å². The molecule has 4 nitrogen and oxygen atoms in total. The first-order valence-corrected chi connectivity index (χ1v) is 6.68. The zero-order valence-electron chi connectivity index (χ0n) is 12.1. The standard InChI is InChI=1S/C15H25NO3/c1-12(18-3)8-9-14(16)13-6-4-5-7-15(13)19-11-10-17-2/h4-7,12,14H,8-11,16H2,1-3H3. The average Bonchev–Trinajstić information content (AvgIpc) is 2.45. The minimum Gasteiger partial charge on any atom is -0.491 e. The number of benzene rings is 1. The highest BCUT2D eigenvalue weighted by Crippen LogP contribution is 2.26. The Morgan fingerprint density at radius 3 is 2.53 bits per heavy atom. The highest BCUT2D eigenvalue weighted by atomic mass is 16.5. The van der Waals surface area contributed by atoms with Gasteiger partial charge in [-0.25, -0.2) is 0 Å². The number of para-hydroxylation sites is 1. The molecule has 2 atom stereocenters. The lowest BCUT2D eigenvalue weighted by Gasteiger charge is -2.18. The summed E-state index contributed by atoms with van der Waals surface area (Å²) >= 11 is 0. The minimum atomic E-state index is -0.0312. The molecular weight excluding hydrogens is 242 g/mol. The van der Waals surface area contributed by atoms with E-state index in [1.165, 1.54) is 0 Å². The van der Waals surface area contributed by atoms with Crippen LogP contribution in [0, 0.1) is 0 Å². The average molecular weight is 267 g/mol. The van der Waals surface area contributed by atoms with Gasteiger partial charge in [-0.3, -0.25) is 0 Å². The first kappa shape index (κ1) is 16.0. The van der Waals surface area contributed by atoms with E-state index >= 15 is 0 Å². The summed E-state index contributed by atoms with van der Waals surface area (Å²) in [5.41, 5.74) is 7.28. The van der Waals surface area contributed by atoms with Crippen molar-refractivity contribution in [2.45, 2.75) is 31.9 Å². The van der Waals surface area contributed by atoms with Crippen molar-refractivity contribution in [2.75, 3.05) is 27.4 Å². The van der Waals surface area contributed by atoms with Crippen molar-refractivity contribution < 1.29 is 14.2 Å². The molecule has 1 aromatic rings. The molecule has 0 spiro atoms. The van der Waals surface area contributed by atoms with Gasteiger partial charge in [-0.05, 0) is 25.8 Å². The molecule has 19 heavy (non-hydrogen) atoms. The van der Waals surface area contributed by atoms with E-state index in [-0.39, 0.29) is 12.1 Å². The van der Waals surface area contributed by atoms with E-state index < -0.39 is 0 Å². The molecule has 0 aliphatic carbocycles. The molecule has 0 heterocycles. The largest absolute Gasteiger partial charge is 0.491 e. The molecule has 2 N–H and O–H groups in total. The first-order chi connectivity index (χ1) is 9.19. The Balaban J connectivity index is 2.59. The summed E-state index contributed by atoms with van der Waals surface area (Å²) in [7, 11) is 3.38. The van der Waals surface area contributed by atoms with Gasteiger partial charge in [0.15, 0.2) is 0 Å². The fraction of sp³-hybridized carbons (Fsp3) is 0.600. The summed E-state index contributed by atoms with van der Waals surface area (Å²) in [6.45, 7) is 3.16. The number of hydrogen-bond donors (Lipinski definition) is 1. The summed E-state index contributed by atoms with van der Waals surface area (Å²) in [6.07, 6.45) is 2.04. The zero-order chi connectivity index (χ0) is 14.1. The van der Waals surface area contributed by atoms with Crippen LogP contribution in [0.5, 0.6) is 5.75 Å². The van der Waals surface area contributed by atoms with E-state index in [0.717, 1.165) is 24.2 Å². The second kappa shape index (κ2) is 8.91. The van der Waals surface area contributed by atoms with Crippen molar-refractivity contribution >= 4 is 0 Å². The molecule has 1 aromatic carbocycles. The molecular formula is C15H25NO3. The predicted molar refractivity (Wildman–Crippen MR) is 76.4 cm³/mol. The molecule has 0 saturated carbocycles. The van der Waals surface area contributed by atoms with Crippen LogP contribution in [-0.4, -0.2) is 33.5 Å². The van der Waals surface area contributed by atoms with Gasteiger partial charge in [-0.1, -0.05) is 18.2 Å². The van der Waals surface area contributed by atoms with Gasteiger partial charge in [0, 0.05) is 25.8 Å². The molecule has 0 saturated heterocycles. The Labute approximate surface area is 115 Å². The Morgan fingerprint density at radius 1 is 1.11 bits per heavy atom. The Bertz CT molecular complexity index is 357. The maximum absolute atomic E-state index is 6.24. The third kappa shape index (κ3) is 5.59. The molecule has 0 fully saturated rings. The fourth-order valence-corrected chi connectivity index (χ4v) is 1.84. The van der Waals surface area contributed by atoms with Gasteiger partial charge < -0.3 is 19.9 Å². The van der Waals surface area contributed by atoms with E-state index in [2.05, 4.69) is 0 Å². The lowest BCUT2D eigenvalue weighted by molar-refractivity contribution is 0.107. The minimum absolute atomic E-state index is 0.0312. The Kier molecular flexibility index (Phi) is 7.48. The number of rotatable bonds is 9. The topological polar surface area (TPSA) is 53.7 Å². The SMILES string of the molecule is COCCOc1ccccc1C(N)CCC(C)OC. The molecule has 0 bridgehead atoms. The maximum atomic E-state index is 6.24. The fourth-order valence-electron chi connectivity index (χ4n) is 1.84. The van der Waals surface area contributed by atoms with Crippen LogP contribution in [0.25, 0.3) is 0 Å². The monoisotopic (exact) mass is 267 g/mol. The van der Waals surface area contributed by atoms with Gasteiger partial charge in [0.05, 0.1) is 12.7 Å². The van der Waals surface area contributed by atoms with Crippen molar-refractivity contribution in [3.8, 4) is 5.75 Å². The third-order valence-electron chi connectivity index (χ3n) is 3.15. The number of nitrogens with two attached hydrogens (primary N) is 1. The van der Waals surface area contributed by atoms with Crippen LogP contribution < -0.4 is 10.5 Å². The highest BCUT2D eigenvalue weighted by molar-refractivity contribution is 5.35. The summed E-state index contributed by atoms with van der Waals surface area (Å²) < 4.78 is 15.9. The Morgan fingerprint density at radius 2 is 1.84 bits per heavy atom. The van der Waals surface area contributed by atoms with Crippen molar-refractivity contribution in [1.29, 1.82) is 0 Å². The second-order valence-electron chi connectivity index (χ2n) is 4.61. The van der Waals surface area contributed by atoms with E-state index in [0.29, 0.717) is 13.2 Å². The Hall–Kier alpha value is -1.10. The van der Waals surface area contributed by atoms with E-state index in [4.69, 9.17) is 19.9 Å². The quantitative estimate of drug-likeness (QED) is 0.699. The van der Waals surface area contributed by atoms with E-state index in [1.807, 2.05) is 31.2 Å². The first-order valence-electron chi connectivity index (χ1n) is 6.68. The smallest absolute Gasteiger partial charge is 0.124 e. The van der Waals surface area contributed by atoms with Gasteiger partial charge in [0.2, 0.25) is 0 Å². The lowest BCUT2D eigenvalue weighted by Crippen LogP contribution is -2.16. The van der Waals surface area contributed by atoms with Crippen LogP contribution in [0.2, 0.25) is 0 Å². The van der Waals surface area contributed by atoms with E-state index in [1.54, 1.807) is 14.2 Å². The summed E-state index contributed by atoms with van der Waals surface area (Å²) in [4.78, 5) is 0. The van der Waals surface area contributed by atoms with Crippen LogP contribution in [-0.2, 0) is 9.47 Å². The third-order valence-corrected chi connectivity index (χ3v) is 3.15. The summed E-state index contributed by atoms with van der Waals surface area (Å²) in [5.74, 6) is 0.845. The van der Waals surface area contributed by atoms with Crippen LogP contribution in [0.1, 0.15) is 31.4 Å². The maximum Gasteiger partial charge on any atom is 0.124 e. The number of ether oxygens (including phenoxy) is 3. The zero-order valence-corrected chi connectivity index (χ0v) is 12.1. The lowest BCUT2D eigenvalue weighted by atomic mass is 10.0. The molecule has 0 amide bonds. The number of hydrogen-bond acceptors (Lipinski definition) is 4. The molecule has 0 aliphatic rings. The second-order valence-corrected chi connectivity index (χ2v) is 4.61. The normalized spacial score (nSPS) is 14.1. The van der Waals surface area contributed by atoms with Crippen LogP contribution in [0.3, 0.4) is 0 Å². The van der Waals surface area contributed by atoms with Gasteiger partial charge >= 0.3 is 0 Å². The van der Waals surface area contributed by atoms with Crippen molar-refractivity contribution in [3.63, 3.8) is 0 Å². The van der Waals surface area contributed by atoms with Crippen LogP contribution in [0.15, 0.2) is 24.3 Å². The molecule has 108 valence electrons. The number of methoxy groups -OCH3 is 2. The van der Waals surface area contributed by atoms with Crippen LogP contribution in [0.4, 0.5) is 0 Å². The highest BCUT2D eigenvalue weighted by Gasteiger charge is 2.13. The van der Waals surface area contributed by atoms with Crippen molar-refractivity contribution in [3.05, 3.63) is 29.8 Å².